The molecule has 0 aromatic heterocycles. The Morgan fingerprint density at radius 2 is 1.32 bits per heavy atom. The van der Waals surface area contributed by atoms with Crippen molar-refractivity contribution in [2.24, 2.45) is 0 Å². The molecular formula is C23H31NO7. The first kappa shape index (κ1) is 24.1. The highest BCUT2D eigenvalue weighted by Gasteiger charge is 2.37. The van der Waals surface area contributed by atoms with Crippen molar-refractivity contribution in [3.63, 3.8) is 0 Å². The number of nitrogens with zero attached hydrogens (tertiary/aromatic N) is 1. The SMILES string of the molecule is CCOC(=O)C1=CN(C(C)C)C=C(C(=O)OCC)C1c1cc(OC)c(OC)c(OC)c1. The van der Waals surface area contributed by atoms with Gasteiger partial charge < -0.3 is 28.6 Å². The van der Waals surface area contributed by atoms with Gasteiger partial charge in [-0.2, -0.15) is 0 Å². The summed E-state index contributed by atoms with van der Waals surface area (Å²) >= 11 is 0. The van der Waals surface area contributed by atoms with Gasteiger partial charge in [0.2, 0.25) is 5.75 Å². The van der Waals surface area contributed by atoms with Gasteiger partial charge in [0, 0.05) is 18.4 Å². The molecular weight excluding hydrogens is 402 g/mol. The third-order valence-electron chi connectivity index (χ3n) is 4.84. The van der Waals surface area contributed by atoms with E-state index in [9.17, 15) is 9.59 Å². The van der Waals surface area contributed by atoms with Crippen LogP contribution in [0.15, 0.2) is 35.7 Å². The third kappa shape index (κ3) is 5.13. The summed E-state index contributed by atoms with van der Waals surface area (Å²) in [6, 6.07) is 3.45. The average molecular weight is 434 g/mol. The average Bonchev–Trinajstić information content (AvgIpc) is 2.77. The monoisotopic (exact) mass is 433 g/mol. The smallest absolute Gasteiger partial charge is 0.336 e. The van der Waals surface area contributed by atoms with E-state index in [1.807, 2.05) is 13.8 Å². The molecule has 0 amide bonds. The van der Waals surface area contributed by atoms with Crippen LogP contribution in [0.1, 0.15) is 39.2 Å². The summed E-state index contributed by atoms with van der Waals surface area (Å²) in [5.74, 6) is -0.522. The molecule has 170 valence electrons. The van der Waals surface area contributed by atoms with Crippen LogP contribution in [0, 0.1) is 0 Å². The Kier molecular flexibility index (Phi) is 8.36. The molecule has 0 fully saturated rings. The van der Waals surface area contributed by atoms with Crippen molar-refractivity contribution in [1.29, 1.82) is 0 Å². The predicted molar refractivity (Wildman–Crippen MR) is 115 cm³/mol. The first-order valence-corrected chi connectivity index (χ1v) is 10.2. The normalized spacial score (nSPS) is 14.0. The lowest BCUT2D eigenvalue weighted by atomic mass is 9.82. The topological polar surface area (TPSA) is 83.5 Å². The van der Waals surface area contributed by atoms with Gasteiger partial charge in [-0.15, -0.1) is 0 Å². The van der Waals surface area contributed by atoms with Crippen LogP contribution in [0.4, 0.5) is 0 Å². The fourth-order valence-corrected chi connectivity index (χ4v) is 3.37. The van der Waals surface area contributed by atoms with E-state index in [4.69, 9.17) is 23.7 Å². The lowest BCUT2D eigenvalue weighted by Crippen LogP contribution is -2.32. The second kappa shape index (κ2) is 10.7. The number of carbonyl (C=O) groups excluding carboxylic acids is 2. The lowest BCUT2D eigenvalue weighted by molar-refractivity contribution is -0.139. The number of benzene rings is 1. The molecule has 31 heavy (non-hydrogen) atoms. The zero-order valence-corrected chi connectivity index (χ0v) is 19.2. The molecule has 0 bridgehead atoms. The minimum absolute atomic E-state index is 0.00902. The van der Waals surface area contributed by atoms with Crippen LogP contribution >= 0.6 is 0 Å². The van der Waals surface area contributed by atoms with Gasteiger partial charge in [-0.1, -0.05) is 0 Å². The summed E-state index contributed by atoms with van der Waals surface area (Å²) < 4.78 is 27.0. The van der Waals surface area contributed by atoms with E-state index in [0.29, 0.717) is 34.0 Å². The van der Waals surface area contributed by atoms with Crippen molar-refractivity contribution in [3.05, 3.63) is 41.2 Å². The summed E-state index contributed by atoms with van der Waals surface area (Å²) in [5, 5.41) is 0. The fraction of sp³-hybridized carbons (Fsp3) is 0.478. The van der Waals surface area contributed by atoms with E-state index in [0.717, 1.165) is 0 Å². The van der Waals surface area contributed by atoms with Crippen LogP contribution in [-0.4, -0.2) is 57.4 Å². The Hall–Kier alpha value is -3.16. The van der Waals surface area contributed by atoms with Crippen LogP contribution in [0.3, 0.4) is 0 Å². The number of rotatable bonds is 9. The highest BCUT2D eigenvalue weighted by Crippen LogP contribution is 2.45. The van der Waals surface area contributed by atoms with Gasteiger partial charge >= 0.3 is 11.9 Å². The number of ether oxygens (including phenoxy) is 5. The minimum Gasteiger partial charge on any atom is -0.493 e. The van der Waals surface area contributed by atoms with Crippen molar-refractivity contribution >= 4 is 11.9 Å². The van der Waals surface area contributed by atoms with Gasteiger partial charge in [0.1, 0.15) is 0 Å². The van der Waals surface area contributed by atoms with Gasteiger partial charge in [0.25, 0.3) is 0 Å². The summed E-state index contributed by atoms with van der Waals surface area (Å²) in [6.07, 6.45) is 3.42. The molecule has 0 unspecified atom stereocenters. The molecule has 1 aromatic carbocycles. The highest BCUT2D eigenvalue weighted by molar-refractivity contribution is 5.98. The van der Waals surface area contributed by atoms with Crippen molar-refractivity contribution < 1.29 is 33.3 Å². The maximum Gasteiger partial charge on any atom is 0.336 e. The van der Waals surface area contributed by atoms with Crippen molar-refractivity contribution in [1.82, 2.24) is 4.90 Å². The summed E-state index contributed by atoms with van der Waals surface area (Å²) in [5.41, 5.74) is 1.24. The molecule has 1 heterocycles. The Morgan fingerprint density at radius 1 is 0.871 bits per heavy atom. The van der Waals surface area contributed by atoms with Gasteiger partial charge in [-0.05, 0) is 45.4 Å². The summed E-state index contributed by atoms with van der Waals surface area (Å²) in [4.78, 5) is 27.6. The molecule has 0 N–H and O–H groups in total. The van der Waals surface area contributed by atoms with Crippen molar-refractivity contribution in [3.8, 4) is 17.2 Å². The quantitative estimate of drug-likeness (QED) is 0.548. The van der Waals surface area contributed by atoms with E-state index in [-0.39, 0.29) is 19.3 Å². The van der Waals surface area contributed by atoms with Crippen molar-refractivity contribution in [2.45, 2.75) is 39.7 Å². The Balaban J connectivity index is 2.75. The fourth-order valence-electron chi connectivity index (χ4n) is 3.37. The van der Waals surface area contributed by atoms with Gasteiger partial charge in [0.15, 0.2) is 11.5 Å². The number of carbonyl (C=O) groups is 2. The van der Waals surface area contributed by atoms with Crippen LogP contribution < -0.4 is 14.2 Å². The lowest BCUT2D eigenvalue weighted by Gasteiger charge is -2.32. The van der Waals surface area contributed by atoms with Crippen molar-refractivity contribution in [2.75, 3.05) is 34.5 Å². The Bertz CT molecular complexity index is 812. The zero-order valence-electron chi connectivity index (χ0n) is 19.2. The van der Waals surface area contributed by atoms with Gasteiger partial charge in [0.05, 0.1) is 51.6 Å². The largest absolute Gasteiger partial charge is 0.493 e. The van der Waals surface area contributed by atoms with Crippen LogP contribution in [-0.2, 0) is 19.1 Å². The Morgan fingerprint density at radius 3 is 1.65 bits per heavy atom. The Labute approximate surface area is 183 Å². The second-order valence-electron chi connectivity index (χ2n) is 7.04. The molecule has 0 radical (unpaired) electrons. The van der Waals surface area contributed by atoms with Crippen LogP contribution in [0.2, 0.25) is 0 Å². The molecule has 1 aliphatic heterocycles. The molecule has 0 saturated heterocycles. The molecule has 0 atom stereocenters. The molecule has 0 aliphatic carbocycles. The van der Waals surface area contributed by atoms with Gasteiger partial charge in [-0.3, -0.25) is 0 Å². The number of hydrogen-bond acceptors (Lipinski definition) is 8. The maximum atomic E-state index is 12.9. The molecule has 2 rings (SSSR count). The molecule has 1 aliphatic rings. The van der Waals surface area contributed by atoms with E-state index < -0.39 is 17.9 Å². The third-order valence-corrected chi connectivity index (χ3v) is 4.84. The predicted octanol–water partition coefficient (Wildman–Crippen LogP) is 3.41. The van der Waals surface area contributed by atoms with Crippen LogP contribution in [0.25, 0.3) is 0 Å². The molecule has 0 saturated carbocycles. The molecule has 8 heteroatoms. The van der Waals surface area contributed by atoms with E-state index in [2.05, 4.69) is 0 Å². The zero-order chi connectivity index (χ0) is 23.1. The van der Waals surface area contributed by atoms with E-state index >= 15 is 0 Å². The second-order valence-corrected chi connectivity index (χ2v) is 7.04. The van der Waals surface area contributed by atoms with E-state index in [1.54, 1.807) is 43.3 Å². The first-order chi connectivity index (χ1) is 14.8. The molecule has 8 nitrogen and oxygen atoms in total. The standard InChI is InChI=1S/C23H31NO7/c1-8-30-22(25)16-12-24(14(3)4)13-17(23(26)31-9-2)20(16)15-10-18(27-5)21(29-7)19(11-15)28-6/h10-14,20H,8-9H2,1-7H3. The highest BCUT2D eigenvalue weighted by atomic mass is 16.5. The summed E-state index contributed by atoms with van der Waals surface area (Å²) in [6.45, 7) is 7.79. The maximum absolute atomic E-state index is 12.9. The van der Waals surface area contributed by atoms with Gasteiger partial charge in [-0.25, -0.2) is 9.59 Å². The summed E-state index contributed by atoms with van der Waals surface area (Å²) in [7, 11) is 4.52. The van der Waals surface area contributed by atoms with Crippen LogP contribution in [0.5, 0.6) is 17.2 Å². The minimum atomic E-state index is -0.734. The van der Waals surface area contributed by atoms with E-state index in [1.165, 1.54) is 21.3 Å². The molecule has 0 spiro atoms. The number of methoxy groups -OCH3 is 3. The first-order valence-electron chi connectivity index (χ1n) is 10.2. The molecule has 1 aromatic rings. The number of hydrogen-bond donors (Lipinski definition) is 0. The number of esters is 2.